The fourth-order valence-electron chi connectivity index (χ4n) is 2.01. The third kappa shape index (κ3) is 2.94. The Bertz CT molecular complexity index is 490. The van der Waals surface area contributed by atoms with Gasteiger partial charge in [0.05, 0.1) is 10.6 Å². The molecule has 1 aromatic carbocycles. The zero-order chi connectivity index (χ0) is 13.0. The summed E-state index contributed by atoms with van der Waals surface area (Å²) in [5.74, 6) is 0. The number of aromatic nitrogens is 2. The van der Waals surface area contributed by atoms with Crippen LogP contribution in [0, 0.1) is 6.92 Å². The van der Waals surface area contributed by atoms with Crippen LogP contribution in [0.15, 0.2) is 24.3 Å². The average Bonchev–Trinajstić information content (AvgIpc) is 2.86. The molecule has 1 unspecified atom stereocenters. The molecule has 0 radical (unpaired) electrons. The van der Waals surface area contributed by atoms with Crippen molar-refractivity contribution in [3.63, 3.8) is 0 Å². The van der Waals surface area contributed by atoms with Gasteiger partial charge >= 0.3 is 0 Å². The van der Waals surface area contributed by atoms with E-state index in [2.05, 4.69) is 53.0 Å². The Balaban J connectivity index is 2.17. The Labute approximate surface area is 112 Å². The fraction of sp³-hybridized carbons (Fsp3) is 0.429. The summed E-state index contributed by atoms with van der Waals surface area (Å²) < 4.78 is 4.07. The summed E-state index contributed by atoms with van der Waals surface area (Å²) >= 11 is 1.51. The highest BCUT2D eigenvalue weighted by atomic mass is 32.1. The van der Waals surface area contributed by atoms with E-state index in [-0.39, 0.29) is 0 Å². The minimum Gasteiger partial charge on any atom is -0.312 e. The van der Waals surface area contributed by atoms with Crippen LogP contribution in [0.25, 0.3) is 0 Å². The Hall–Kier alpha value is -1.26. The lowest BCUT2D eigenvalue weighted by atomic mass is 10.0. The van der Waals surface area contributed by atoms with Crippen LogP contribution >= 0.6 is 11.5 Å². The second-order valence-electron chi connectivity index (χ2n) is 4.47. The molecule has 0 saturated heterocycles. The van der Waals surface area contributed by atoms with Crippen LogP contribution in [-0.2, 0) is 12.8 Å². The van der Waals surface area contributed by atoms with Gasteiger partial charge in [-0.1, -0.05) is 41.2 Å². The van der Waals surface area contributed by atoms with Crippen LogP contribution in [0.2, 0.25) is 0 Å². The van der Waals surface area contributed by atoms with Gasteiger partial charge in [-0.05, 0) is 43.9 Å². The molecule has 4 heteroatoms. The number of nitrogens with zero attached hydrogens (tertiary/aromatic N) is 2. The first-order valence-electron chi connectivity index (χ1n) is 6.28. The van der Waals surface area contributed by atoms with Gasteiger partial charge in [-0.15, -0.1) is 5.10 Å². The summed E-state index contributed by atoms with van der Waals surface area (Å²) in [7, 11) is 2.00. The molecule has 0 amide bonds. The first-order chi connectivity index (χ1) is 8.74. The highest BCUT2D eigenvalue weighted by Gasteiger charge is 2.17. The lowest BCUT2D eigenvalue weighted by Gasteiger charge is -2.15. The number of benzene rings is 1. The molecule has 2 rings (SSSR count). The first kappa shape index (κ1) is 13.2. The molecule has 3 nitrogen and oxygen atoms in total. The summed E-state index contributed by atoms with van der Waals surface area (Å²) in [6, 6.07) is 9.02. The highest BCUT2D eigenvalue weighted by molar-refractivity contribution is 7.05. The molecule has 1 N–H and O–H groups in total. The van der Waals surface area contributed by atoms with Gasteiger partial charge in [0.25, 0.3) is 0 Å². The standard InChI is InChI=1S/C14H19N3S/c1-4-12-14(18-17-16-12)13(15-3)9-11-7-5-10(2)6-8-11/h5-8,13,15H,4,9H2,1-3H3. The van der Waals surface area contributed by atoms with E-state index < -0.39 is 0 Å². The van der Waals surface area contributed by atoms with Crippen molar-refractivity contribution in [3.8, 4) is 0 Å². The normalized spacial score (nSPS) is 12.6. The Morgan fingerprint density at radius 2 is 2.00 bits per heavy atom. The third-order valence-electron chi connectivity index (χ3n) is 3.15. The highest BCUT2D eigenvalue weighted by Crippen LogP contribution is 2.24. The molecule has 1 atom stereocenters. The molecule has 18 heavy (non-hydrogen) atoms. The first-order valence-corrected chi connectivity index (χ1v) is 7.05. The molecule has 1 heterocycles. The smallest absolute Gasteiger partial charge is 0.0801 e. The van der Waals surface area contributed by atoms with Crippen LogP contribution in [0.3, 0.4) is 0 Å². The molecular formula is C14H19N3S. The van der Waals surface area contributed by atoms with Crippen LogP contribution in [-0.4, -0.2) is 16.6 Å². The van der Waals surface area contributed by atoms with Gasteiger partial charge in [-0.3, -0.25) is 0 Å². The van der Waals surface area contributed by atoms with Crippen molar-refractivity contribution in [3.05, 3.63) is 46.0 Å². The van der Waals surface area contributed by atoms with Crippen molar-refractivity contribution in [2.24, 2.45) is 0 Å². The second kappa shape index (κ2) is 6.07. The maximum Gasteiger partial charge on any atom is 0.0801 e. The molecule has 2 aromatic rings. The van der Waals surface area contributed by atoms with E-state index in [1.54, 1.807) is 0 Å². The molecule has 96 valence electrons. The van der Waals surface area contributed by atoms with Crippen molar-refractivity contribution >= 4 is 11.5 Å². The molecule has 0 aliphatic rings. The van der Waals surface area contributed by atoms with E-state index in [9.17, 15) is 0 Å². The second-order valence-corrected chi connectivity index (χ2v) is 5.25. The molecule has 0 aliphatic carbocycles. The molecule has 0 bridgehead atoms. The van der Waals surface area contributed by atoms with E-state index in [0.717, 1.165) is 18.5 Å². The summed E-state index contributed by atoms with van der Waals surface area (Å²) in [6.07, 6.45) is 1.92. The Kier molecular flexibility index (Phi) is 4.44. The lowest BCUT2D eigenvalue weighted by Crippen LogP contribution is -2.19. The van der Waals surface area contributed by atoms with Crippen molar-refractivity contribution in [1.82, 2.24) is 14.9 Å². The summed E-state index contributed by atoms with van der Waals surface area (Å²) in [5.41, 5.74) is 3.76. The van der Waals surface area contributed by atoms with Crippen LogP contribution < -0.4 is 5.32 Å². The van der Waals surface area contributed by atoms with Gasteiger partial charge in [0.15, 0.2) is 0 Å². The Morgan fingerprint density at radius 3 is 2.61 bits per heavy atom. The Morgan fingerprint density at radius 1 is 1.28 bits per heavy atom. The predicted octanol–water partition coefficient (Wildman–Crippen LogP) is 2.91. The minimum atomic E-state index is 0.308. The maximum absolute atomic E-state index is 4.19. The number of likely N-dealkylation sites (N-methyl/N-ethyl adjacent to an activating group) is 1. The zero-order valence-electron chi connectivity index (χ0n) is 11.1. The van der Waals surface area contributed by atoms with Gasteiger partial charge in [-0.25, -0.2) is 0 Å². The van der Waals surface area contributed by atoms with Crippen molar-refractivity contribution in [2.75, 3.05) is 7.05 Å². The predicted molar refractivity (Wildman–Crippen MR) is 76.0 cm³/mol. The number of hydrogen-bond donors (Lipinski definition) is 1. The average molecular weight is 261 g/mol. The topological polar surface area (TPSA) is 37.8 Å². The summed E-state index contributed by atoms with van der Waals surface area (Å²) in [6.45, 7) is 4.24. The largest absolute Gasteiger partial charge is 0.312 e. The number of rotatable bonds is 5. The van der Waals surface area contributed by atoms with Gasteiger partial charge in [0.1, 0.15) is 0 Å². The van der Waals surface area contributed by atoms with Gasteiger partial charge in [0.2, 0.25) is 0 Å². The number of nitrogens with one attached hydrogen (secondary N) is 1. The monoisotopic (exact) mass is 261 g/mol. The minimum absolute atomic E-state index is 0.308. The van der Waals surface area contributed by atoms with Gasteiger partial charge in [0, 0.05) is 6.04 Å². The maximum atomic E-state index is 4.19. The molecule has 1 aromatic heterocycles. The van der Waals surface area contributed by atoms with E-state index >= 15 is 0 Å². The van der Waals surface area contributed by atoms with E-state index in [1.165, 1.54) is 27.5 Å². The van der Waals surface area contributed by atoms with Crippen molar-refractivity contribution in [1.29, 1.82) is 0 Å². The van der Waals surface area contributed by atoms with Gasteiger partial charge in [-0.2, -0.15) is 0 Å². The fourth-order valence-corrected chi connectivity index (χ4v) is 2.86. The zero-order valence-corrected chi connectivity index (χ0v) is 11.9. The van der Waals surface area contributed by atoms with E-state index in [0.29, 0.717) is 6.04 Å². The molecule has 0 spiro atoms. The number of aryl methyl sites for hydroxylation is 2. The quantitative estimate of drug-likeness (QED) is 0.899. The van der Waals surface area contributed by atoms with Crippen molar-refractivity contribution in [2.45, 2.75) is 32.7 Å². The molecule has 0 fully saturated rings. The van der Waals surface area contributed by atoms with Crippen LogP contribution in [0.4, 0.5) is 0 Å². The SMILES string of the molecule is CCc1nnsc1C(Cc1ccc(C)cc1)NC. The van der Waals surface area contributed by atoms with Gasteiger partial charge < -0.3 is 5.32 Å². The van der Waals surface area contributed by atoms with Crippen LogP contribution in [0.5, 0.6) is 0 Å². The molecule has 0 saturated carbocycles. The number of hydrogen-bond acceptors (Lipinski definition) is 4. The molecule has 0 aliphatic heterocycles. The van der Waals surface area contributed by atoms with E-state index in [4.69, 9.17) is 0 Å². The summed E-state index contributed by atoms with van der Waals surface area (Å²) in [4.78, 5) is 1.26. The van der Waals surface area contributed by atoms with Crippen LogP contribution in [0.1, 0.15) is 34.7 Å². The van der Waals surface area contributed by atoms with E-state index in [1.807, 2.05) is 7.05 Å². The lowest BCUT2D eigenvalue weighted by molar-refractivity contribution is 0.595. The molecular weight excluding hydrogens is 242 g/mol. The van der Waals surface area contributed by atoms with Crippen molar-refractivity contribution < 1.29 is 0 Å². The summed E-state index contributed by atoms with van der Waals surface area (Å²) in [5, 5.41) is 7.56. The third-order valence-corrected chi connectivity index (χ3v) is 4.03.